The second-order valence-electron chi connectivity index (χ2n) is 7.12. The monoisotopic (exact) mass is 375 g/mol. The highest BCUT2D eigenvalue weighted by molar-refractivity contribution is 6.57. The fourth-order valence-corrected chi connectivity index (χ4v) is 4.22. The molecule has 0 saturated carbocycles. The van der Waals surface area contributed by atoms with Crippen LogP contribution in [-0.2, 0) is 4.65 Å². The number of benzene rings is 5. The quantitative estimate of drug-likeness (QED) is 0.264. The van der Waals surface area contributed by atoms with Crippen molar-refractivity contribution in [3.05, 3.63) is 91.0 Å². The van der Waals surface area contributed by atoms with Crippen molar-refractivity contribution in [2.75, 3.05) is 13.2 Å². The number of hydrogen-bond acceptors (Lipinski definition) is 2. The second kappa shape index (κ2) is 7.71. The number of fused-ring (bicyclic) bond motifs is 3. The fraction of sp³-hybridized carbons (Fsp3) is 0.0769. The van der Waals surface area contributed by atoms with Crippen molar-refractivity contribution < 1.29 is 9.76 Å². The minimum absolute atomic E-state index is 0.000450. The molecule has 0 bridgehead atoms. The van der Waals surface area contributed by atoms with Crippen LogP contribution < -0.4 is 5.46 Å². The topological polar surface area (TPSA) is 29.5 Å². The number of aliphatic hydroxyl groups is 1. The molecular formula is C26H20BO2. The summed E-state index contributed by atoms with van der Waals surface area (Å²) in [5, 5.41) is 16.3. The molecule has 0 fully saturated rings. The molecular weight excluding hydrogens is 355 g/mol. The highest BCUT2D eigenvalue weighted by atomic mass is 16.4. The van der Waals surface area contributed by atoms with E-state index in [0.29, 0.717) is 0 Å². The van der Waals surface area contributed by atoms with Crippen molar-refractivity contribution in [1.82, 2.24) is 0 Å². The van der Waals surface area contributed by atoms with Gasteiger partial charge in [0.1, 0.15) is 0 Å². The SMILES string of the molecule is OCCO[B]c1c2ccccc2c(-c2cccc3ccccc23)c2ccccc12. The number of aliphatic hydroxyl groups excluding tert-OH is 1. The van der Waals surface area contributed by atoms with Crippen LogP contribution in [0.5, 0.6) is 0 Å². The Kier molecular flexibility index (Phi) is 4.77. The molecule has 0 saturated heterocycles. The molecule has 139 valence electrons. The Hall–Kier alpha value is -3.14. The number of hydrogen-bond donors (Lipinski definition) is 1. The van der Waals surface area contributed by atoms with E-state index in [4.69, 9.17) is 9.76 Å². The highest BCUT2D eigenvalue weighted by Gasteiger charge is 2.17. The largest absolute Gasteiger partial charge is 0.432 e. The summed E-state index contributed by atoms with van der Waals surface area (Å²) in [6, 6.07) is 32.0. The van der Waals surface area contributed by atoms with Crippen LogP contribution in [0.25, 0.3) is 43.4 Å². The molecule has 5 rings (SSSR count). The van der Waals surface area contributed by atoms with Crippen LogP contribution in [0.4, 0.5) is 0 Å². The molecule has 3 heteroatoms. The summed E-state index contributed by atoms with van der Waals surface area (Å²) in [6.45, 7) is 0.286. The van der Waals surface area contributed by atoms with E-state index in [2.05, 4.69) is 91.0 Å². The van der Waals surface area contributed by atoms with Crippen LogP contribution in [-0.4, -0.2) is 25.8 Å². The highest BCUT2D eigenvalue weighted by Crippen LogP contribution is 2.38. The van der Waals surface area contributed by atoms with Crippen molar-refractivity contribution in [2.45, 2.75) is 0 Å². The molecule has 0 aliphatic heterocycles. The lowest BCUT2D eigenvalue weighted by molar-refractivity contribution is 0.209. The van der Waals surface area contributed by atoms with Crippen LogP contribution in [0.15, 0.2) is 91.0 Å². The van der Waals surface area contributed by atoms with Crippen molar-refractivity contribution in [3.8, 4) is 11.1 Å². The molecule has 0 aliphatic rings. The molecule has 2 nitrogen and oxygen atoms in total. The summed E-state index contributed by atoms with van der Waals surface area (Å²) < 4.78 is 5.63. The first-order chi connectivity index (χ1) is 14.4. The van der Waals surface area contributed by atoms with Crippen molar-refractivity contribution in [2.24, 2.45) is 0 Å². The predicted octanol–water partition coefficient (Wildman–Crippen LogP) is 5.07. The Morgan fingerprint density at radius 2 is 1.17 bits per heavy atom. The van der Waals surface area contributed by atoms with Crippen molar-refractivity contribution in [1.29, 1.82) is 0 Å². The summed E-state index contributed by atoms with van der Waals surface area (Å²) >= 11 is 0. The Morgan fingerprint density at radius 3 is 1.83 bits per heavy atom. The van der Waals surface area contributed by atoms with Gasteiger partial charge in [0, 0.05) is 0 Å². The van der Waals surface area contributed by atoms with E-state index in [9.17, 15) is 0 Å². The first kappa shape index (κ1) is 17.9. The van der Waals surface area contributed by atoms with Gasteiger partial charge in [-0.05, 0) is 48.9 Å². The summed E-state index contributed by atoms with van der Waals surface area (Å²) in [5.41, 5.74) is 3.53. The third kappa shape index (κ3) is 3.09. The Labute approximate surface area is 170 Å². The lowest BCUT2D eigenvalue weighted by Gasteiger charge is -2.18. The Morgan fingerprint density at radius 1 is 0.621 bits per heavy atom. The van der Waals surface area contributed by atoms with Crippen LogP contribution in [0.1, 0.15) is 0 Å². The van der Waals surface area contributed by atoms with Gasteiger partial charge in [-0.15, -0.1) is 0 Å². The zero-order valence-corrected chi connectivity index (χ0v) is 16.0. The van der Waals surface area contributed by atoms with Gasteiger partial charge < -0.3 is 9.76 Å². The smallest absolute Gasteiger partial charge is 0.331 e. The first-order valence-corrected chi connectivity index (χ1v) is 9.86. The number of rotatable bonds is 5. The van der Waals surface area contributed by atoms with E-state index in [0.717, 1.165) is 16.2 Å². The van der Waals surface area contributed by atoms with Gasteiger partial charge in [-0.3, -0.25) is 0 Å². The molecule has 0 atom stereocenters. The van der Waals surface area contributed by atoms with E-state index in [-0.39, 0.29) is 13.2 Å². The summed E-state index contributed by atoms with van der Waals surface area (Å²) in [6.07, 6.45) is 0. The average molecular weight is 375 g/mol. The summed E-state index contributed by atoms with van der Waals surface area (Å²) in [5.74, 6) is 0. The average Bonchev–Trinajstić information content (AvgIpc) is 2.78. The minimum atomic E-state index is 0.000450. The minimum Gasteiger partial charge on any atom is -0.432 e. The standard InChI is InChI=1S/C26H20BO2/c28-16-17-29-27-26-23-13-5-3-11-21(23)25(22-12-4-6-14-24(22)26)20-15-7-9-18-8-1-2-10-19(18)20/h1-15,28H,16-17H2. The third-order valence-electron chi connectivity index (χ3n) is 5.44. The van der Waals surface area contributed by atoms with Gasteiger partial charge >= 0.3 is 7.48 Å². The molecule has 29 heavy (non-hydrogen) atoms. The van der Waals surface area contributed by atoms with Crippen LogP contribution >= 0.6 is 0 Å². The van der Waals surface area contributed by atoms with Gasteiger partial charge in [-0.1, -0.05) is 91.0 Å². The Balaban J connectivity index is 1.90. The Bertz CT molecular complexity index is 1260. The van der Waals surface area contributed by atoms with E-state index in [1.54, 1.807) is 7.48 Å². The van der Waals surface area contributed by atoms with Gasteiger partial charge in [0.05, 0.1) is 13.2 Å². The van der Waals surface area contributed by atoms with E-state index >= 15 is 0 Å². The zero-order valence-electron chi connectivity index (χ0n) is 16.0. The van der Waals surface area contributed by atoms with Gasteiger partial charge in [0.2, 0.25) is 0 Å². The van der Waals surface area contributed by atoms with Crippen molar-refractivity contribution >= 4 is 45.3 Å². The van der Waals surface area contributed by atoms with Crippen molar-refractivity contribution in [3.63, 3.8) is 0 Å². The molecule has 0 aromatic heterocycles. The maximum Gasteiger partial charge on any atom is 0.331 e. The van der Waals surface area contributed by atoms with E-state index in [1.807, 2.05) is 0 Å². The molecule has 1 N–H and O–H groups in total. The van der Waals surface area contributed by atoms with E-state index < -0.39 is 0 Å². The molecule has 0 spiro atoms. The molecule has 5 aromatic rings. The lowest BCUT2D eigenvalue weighted by atomic mass is 9.76. The maximum atomic E-state index is 9.12. The van der Waals surface area contributed by atoms with Gasteiger partial charge in [0.15, 0.2) is 0 Å². The van der Waals surface area contributed by atoms with Crippen LogP contribution in [0.2, 0.25) is 0 Å². The van der Waals surface area contributed by atoms with Crippen LogP contribution in [0.3, 0.4) is 0 Å². The summed E-state index contributed by atoms with van der Waals surface area (Å²) in [7, 11) is 1.79. The van der Waals surface area contributed by atoms with Gasteiger partial charge in [-0.25, -0.2) is 0 Å². The molecule has 0 aliphatic carbocycles. The first-order valence-electron chi connectivity index (χ1n) is 9.86. The molecule has 5 aromatic carbocycles. The molecule has 0 heterocycles. The predicted molar refractivity (Wildman–Crippen MR) is 123 cm³/mol. The van der Waals surface area contributed by atoms with E-state index in [1.165, 1.54) is 32.7 Å². The third-order valence-corrected chi connectivity index (χ3v) is 5.44. The normalized spacial score (nSPS) is 11.3. The maximum absolute atomic E-state index is 9.12. The molecule has 0 unspecified atom stereocenters. The zero-order chi connectivity index (χ0) is 19.6. The summed E-state index contributed by atoms with van der Waals surface area (Å²) in [4.78, 5) is 0. The van der Waals surface area contributed by atoms with Gasteiger partial charge in [0.25, 0.3) is 0 Å². The fourth-order valence-electron chi connectivity index (χ4n) is 4.22. The molecule has 1 radical (unpaired) electrons. The lowest BCUT2D eigenvalue weighted by Crippen LogP contribution is -2.21. The molecule has 0 amide bonds. The van der Waals surface area contributed by atoms with Gasteiger partial charge in [-0.2, -0.15) is 0 Å². The second-order valence-corrected chi connectivity index (χ2v) is 7.12. The van der Waals surface area contributed by atoms with Crippen LogP contribution in [0, 0.1) is 0 Å².